The largest absolute Gasteiger partial charge is 0.364 e. The molecule has 4 rings (SSSR count). The van der Waals surface area contributed by atoms with Crippen molar-refractivity contribution in [1.82, 2.24) is 24.8 Å². The van der Waals surface area contributed by atoms with E-state index in [4.69, 9.17) is 11.6 Å². The first-order chi connectivity index (χ1) is 11.8. The first-order valence-corrected chi connectivity index (χ1v) is 8.57. The Labute approximate surface area is 145 Å². The summed E-state index contributed by atoms with van der Waals surface area (Å²) in [5.74, 6) is 0.677. The molecule has 0 radical (unpaired) electrons. The Morgan fingerprint density at radius 2 is 2.12 bits per heavy atom. The second-order valence-electron chi connectivity index (χ2n) is 6.00. The van der Waals surface area contributed by atoms with E-state index >= 15 is 0 Å². The Morgan fingerprint density at radius 3 is 2.92 bits per heavy atom. The second-order valence-corrected chi connectivity index (χ2v) is 6.34. The quantitative estimate of drug-likeness (QED) is 0.713. The number of halogens is 1. The average Bonchev–Trinajstić information content (AvgIpc) is 3.05. The summed E-state index contributed by atoms with van der Waals surface area (Å²) >= 11 is 6.15. The number of hydrogen-bond acceptors (Lipinski definition) is 5. The molecule has 1 aliphatic rings. The maximum Gasteiger partial charge on any atom is 0.226 e. The molecule has 1 aromatic carbocycles. The monoisotopic (exact) mass is 342 g/mol. The molecule has 1 atom stereocenters. The Kier molecular flexibility index (Phi) is 4.32. The number of piperidine rings is 1. The molecule has 2 N–H and O–H groups in total. The minimum atomic E-state index is 0.239. The fourth-order valence-corrected chi connectivity index (χ4v) is 3.30. The zero-order chi connectivity index (χ0) is 16.4. The summed E-state index contributed by atoms with van der Waals surface area (Å²) in [6, 6.07) is 10.5. The molecule has 0 spiro atoms. The summed E-state index contributed by atoms with van der Waals surface area (Å²) in [5.41, 5.74) is 2.73. The summed E-state index contributed by atoms with van der Waals surface area (Å²) in [6.07, 6.45) is 4.12. The van der Waals surface area contributed by atoms with Gasteiger partial charge in [-0.05, 0) is 36.6 Å². The van der Waals surface area contributed by atoms with Crippen LogP contribution in [0.2, 0.25) is 5.28 Å². The van der Waals surface area contributed by atoms with E-state index in [1.807, 2.05) is 24.5 Å². The number of rotatable bonds is 4. The standard InChI is InChI=1S/C17H19ClN6/c18-17-22-15(20-9-12-5-2-1-3-6-12)14-16(23-17)24(11-21-14)13-7-4-8-19-10-13/h1-3,5-6,11,13,19H,4,7-10H2,(H,20,22,23)/t13-/m0/s1. The fraction of sp³-hybridized carbons (Fsp3) is 0.353. The minimum Gasteiger partial charge on any atom is -0.364 e. The molecule has 1 saturated heterocycles. The minimum absolute atomic E-state index is 0.239. The summed E-state index contributed by atoms with van der Waals surface area (Å²) in [5, 5.41) is 7.00. The van der Waals surface area contributed by atoms with E-state index < -0.39 is 0 Å². The van der Waals surface area contributed by atoms with Crippen LogP contribution in [0.4, 0.5) is 5.82 Å². The number of aromatic nitrogens is 4. The van der Waals surface area contributed by atoms with Gasteiger partial charge in [0, 0.05) is 19.1 Å². The van der Waals surface area contributed by atoms with E-state index in [9.17, 15) is 0 Å². The zero-order valence-electron chi connectivity index (χ0n) is 13.2. The average molecular weight is 343 g/mol. The fourth-order valence-electron chi connectivity index (χ4n) is 3.13. The smallest absolute Gasteiger partial charge is 0.226 e. The topological polar surface area (TPSA) is 67.7 Å². The molecule has 0 amide bonds. The van der Waals surface area contributed by atoms with Gasteiger partial charge in [0.1, 0.15) is 0 Å². The second kappa shape index (κ2) is 6.75. The number of imidazole rings is 1. The molecule has 0 bridgehead atoms. The van der Waals surface area contributed by atoms with Crippen LogP contribution in [0.15, 0.2) is 36.7 Å². The highest BCUT2D eigenvalue weighted by molar-refractivity contribution is 6.28. The number of benzene rings is 1. The van der Waals surface area contributed by atoms with E-state index in [0.717, 1.165) is 37.1 Å². The number of nitrogens with one attached hydrogen (secondary N) is 2. The van der Waals surface area contributed by atoms with Gasteiger partial charge in [0.05, 0.1) is 6.33 Å². The molecule has 2 aromatic heterocycles. The van der Waals surface area contributed by atoms with Gasteiger partial charge in [-0.25, -0.2) is 4.98 Å². The van der Waals surface area contributed by atoms with Crippen molar-refractivity contribution in [3.63, 3.8) is 0 Å². The molecular weight excluding hydrogens is 324 g/mol. The summed E-state index contributed by atoms with van der Waals surface area (Å²) in [7, 11) is 0. The van der Waals surface area contributed by atoms with Gasteiger partial charge in [-0.15, -0.1) is 0 Å². The SMILES string of the molecule is Clc1nc(NCc2ccccc2)c2ncn([C@H]3CCCNC3)c2n1. The maximum absolute atomic E-state index is 6.15. The maximum atomic E-state index is 6.15. The van der Waals surface area contributed by atoms with Gasteiger partial charge in [0.25, 0.3) is 0 Å². The van der Waals surface area contributed by atoms with Crippen molar-refractivity contribution in [3.05, 3.63) is 47.5 Å². The van der Waals surface area contributed by atoms with Crippen LogP contribution >= 0.6 is 11.6 Å². The van der Waals surface area contributed by atoms with Crippen molar-refractivity contribution < 1.29 is 0 Å². The van der Waals surface area contributed by atoms with Crippen LogP contribution in [0.3, 0.4) is 0 Å². The van der Waals surface area contributed by atoms with E-state index in [-0.39, 0.29) is 5.28 Å². The Bertz CT molecular complexity index is 826. The molecule has 6 nitrogen and oxygen atoms in total. The van der Waals surface area contributed by atoms with E-state index in [2.05, 4.69) is 42.3 Å². The van der Waals surface area contributed by atoms with Crippen LogP contribution in [0.1, 0.15) is 24.4 Å². The van der Waals surface area contributed by atoms with Crippen molar-refractivity contribution in [1.29, 1.82) is 0 Å². The zero-order valence-corrected chi connectivity index (χ0v) is 14.0. The van der Waals surface area contributed by atoms with Crippen LogP contribution in [0, 0.1) is 0 Å². The predicted octanol–water partition coefficient (Wildman–Crippen LogP) is 3.02. The third-order valence-corrected chi connectivity index (χ3v) is 4.53. The van der Waals surface area contributed by atoms with Crippen molar-refractivity contribution in [3.8, 4) is 0 Å². The van der Waals surface area contributed by atoms with Gasteiger partial charge in [-0.2, -0.15) is 9.97 Å². The molecule has 124 valence electrons. The van der Waals surface area contributed by atoms with Crippen LogP contribution < -0.4 is 10.6 Å². The van der Waals surface area contributed by atoms with Crippen LogP contribution in [-0.2, 0) is 6.54 Å². The number of nitrogens with zero attached hydrogens (tertiary/aromatic N) is 4. The normalized spacial score (nSPS) is 18.0. The Hall–Kier alpha value is -2.18. The Morgan fingerprint density at radius 1 is 1.25 bits per heavy atom. The van der Waals surface area contributed by atoms with Crippen LogP contribution in [0.25, 0.3) is 11.2 Å². The summed E-state index contributed by atoms with van der Waals surface area (Å²) < 4.78 is 2.11. The van der Waals surface area contributed by atoms with Crippen molar-refractivity contribution in [2.24, 2.45) is 0 Å². The van der Waals surface area contributed by atoms with E-state index in [0.29, 0.717) is 18.4 Å². The van der Waals surface area contributed by atoms with E-state index in [1.165, 1.54) is 5.56 Å². The lowest BCUT2D eigenvalue weighted by molar-refractivity contribution is 0.376. The van der Waals surface area contributed by atoms with Crippen molar-refractivity contribution in [2.45, 2.75) is 25.4 Å². The molecule has 3 aromatic rings. The van der Waals surface area contributed by atoms with Gasteiger partial charge in [0.15, 0.2) is 17.0 Å². The van der Waals surface area contributed by atoms with Crippen molar-refractivity contribution >= 4 is 28.6 Å². The molecule has 3 heterocycles. The van der Waals surface area contributed by atoms with Gasteiger partial charge >= 0.3 is 0 Å². The number of anilines is 1. The molecule has 0 aliphatic carbocycles. The highest BCUT2D eigenvalue weighted by Gasteiger charge is 2.20. The van der Waals surface area contributed by atoms with Gasteiger partial charge in [-0.3, -0.25) is 0 Å². The summed E-state index contributed by atoms with van der Waals surface area (Å²) in [4.78, 5) is 13.3. The van der Waals surface area contributed by atoms with Gasteiger partial charge in [-0.1, -0.05) is 30.3 Å². The lowest BCUT2D eigenvalue weighted by Gasteiger charge is -2.24. The molecular formula is C17H19ClN6. The molecule has 0 unspecified atom stereocenters. The highest BCUT2D eigenvalue weighted by atomic mass is 35.5. The van der Waals surface area contributed by atoms with Gasteiger partial charge in [0.2, 0.25) is 5.28 Å². The van der Waals surface area contributed by atoms with Gasteiger partial charge < -0.3 is 15.2 Å². The molecule has 1 fully saturated rings. The molecule has 7 heteroatoms. The third-order valence-electron chi connectivity index (χ3n) is 4.36. The summed E-state index contributed by atoms with van der Waals surface area (Å²) in [6.45, 7) is 2.67. The number of hydrogen-bond donors (Lipinski definition) is 2. The first kappa shape index (κ1) is 15.4. The molecule has 24 heavy (non-hydrogen) atoms. The highest BCUT2D eigenvalue weighted by Crippen LogP contribution is 2.26. The van der Waals surface area contributed by atoms with Crippen LogP contribution in [0.5, 0.6) is 0 Å². The molecule has 1 aliphatic heterocycles. The van der Waals surface area contributed by atoms with Crippen molar-refractivity contribution in [2.75, 3.05) is 18.4 Å². The van der Waals surface area contributed by atoms with E-state index in [1.54, 1.807) is 0 Å². The third kappa shape index (κ3) is 3.07. The molecule has 0 saturated carbocycles. The number of fused-ring (bicyclic) bond motifs is 1. The lowest BCUT2D eigenvalue weighted by atomic mass is 10.1. The lowest BCUT2D eigenvalue weighted by Crippen LogP contribution is -2.31. The first-order valence-electron chi connectivity index (χ1n) is 8.20. The Balaban J connectivity index is 1.64. The predicted molar refractivity (Wildman–Crippen MR) is 95.2 cm³/mol. The van der Waals surface area contributed by atoms with Crippen LogP contribution in [-0.4, -0.2) is 32.6 Å².